The molecular formula is C20H20N4O3. The van der Waals surface area contributed by atoms with Crippen LogP contribution in [0.2, 0.25) is 0 Å². The van der Waals surface area contributed by atoms with E-state index in [2.05, 4.69) is 10.1 Å². The summed E-state index contributed by atoms with van der Waals surface area (Å²) in [6.45, 7) is 3.61. The Morgan fingerprint density at radius 2 is 2.04 bits per heavy atom. The highest BCUT2D eigenvalue weighted by atomic mass is 16.5. The molecule has 1 aliphatic heterocycles. The van der Waals surface area contributed by atoms with E-state index < -0.39 is 0 Å². The fraction of sp³-hybridized carbons (Fsp3) is 0.300. The van der Waals surface area contributed by atoms with Crippen molar-refractivity contribution in [2.75, 3.05) is 19.6 Å². The Balaban J connectivity index is 1.52. The van der Waals surface area contributed by atoms with Crippen molar-refractivity contribution in [2.24, 2.45) is 0 Å². The van der Waals surface area contributed by atoms with Gasteiger partial charge in [-0.1, -0.05) is 17.3 Å². The van der Waals surface area contributed by atoms with Crippen LogP contribution in [-0.4, -0.2) is 57.4 Å². The van der Waals surface area contributed by atoms with E-state index in [1.807, 2.05) is 42.2 Å². The summed E-state index contributed by atoms with van der Waals surface area (Å²) in [5.41, 5.74) is 1.71. The number of benzene rings is 1. The van der Waals surface area contributed by atoms with Crippen molar-refractivity contribution < 1.29 is 14.1 Å². The molecule has 0 aliphatic carbocycles. The first-order valence-electron chi connectivity index (χ1n) is 8.99. The fourth-order valence-corrected chi connectivity index (χ4v) is 3.50. The third kappa shape index (κ3) is 3.40. The predicted octanol–water partition coefficient (Wildman–Crippen LogP) is 2.60. The molecule has 1 aliphatic rings. The lowest BCUT2D eigenvalue weighted by Crippen LogP contribution is -2.44. The second-order valence-electron chi connectivity index (χ2n) is 6.75. The molecule has 2 amide bonds. The topological polar surface area (TPSA) is 79.5 Å². The van der Waals surface area contributed by atoms with Crippen LogP contribution in [0.3, 0.4) is 0 Å². The summed E-state index contributed by atoms with van der Waals surface area (Å²) in [7, 11) is 0. The largest absolute Gasteiger partial charge is 0.364 e. The number of fused-ring (bicyclic) bond motifs is 1. The van der Waals surface area contributed by atoms with Gasteiger partial charge in [-0.2, -0.15) is 0 Å². The number of aromatic nitrogens is 2. The average molecular weight is 364 g/mol. The number of pyridine rings is 1. The molecule has 0 bridgehead atoms. The lowest BCUT2D eigenvalue weighted by Gasteiger charge is -2.28. The molecule has 7 nitrogen and oxygen atoms in total. The van der Waals surface area contributed by atoms with Crippen molar-refractivity contribution >= 4 is 22.7 Å². The van der Waals surface area contributed by atoms with Crippen LogP contribution in [0.5, 0.6) is 0 Å². The van der Waals surface area contributed by atoms with E-state index in [1.165, 1.54) is 6.26 Å². The van der Waals surface area contributed by atoms with Gasteiger partial charge in [-0.05, 0) is 31.5 Å². The highest BCUT2D eigenvalue weighted by Gasteiger charge is 2.29. The minimum atomic E-state index is -0.166. The zero-order chi connectivity index (χ0) is 18.8. The van der Waals surface area contributed by atoms with Crippen LogP contribution in [0.15, 0.2) is 53.4 Å². The molecule has 138 valence electrons. The number of hydrogen-bond acceptors (Lipinski definition) is 5. The summed E-state index contributed by atoms with van der Waals surface area (Å²) in [6, 6.07) is 10.9. The molecular weight excluding hydrogens is 344 g/mol. The number of amides is 2. The van der Waals surface area contributed by atoms with E-state index in [0.717, 1.165) is 10.9 Å². The third-order valence-corrected chi connectivity index (χ3v) is 4.90. The molecule has 7 heteroatoms. The van der Waals surface area contributed by atoms with Gasteiger partial charge in [0, 0.05) is 48.9 Å². The van der Waals surface area contributed by atoms with Crippen molar-refractivity contribution in [2.45, 2.75) is 19.4 Å². The predicted molar refractivity (Wildman–Crippen MR) is 99.3 cm³/mol. The van der Waals surface area contributed by atoms with Gasteiger partial charge in [0.25, 0.3) is 11.8 Å². The minimum Gasteiger partial charge on any atom is -0.364 e. The van der Waals surface area contributed by atoms with Crippen LogP contribution in [0.1, 0.15) is 34.2 Å². The quantitative estimate of drug-likeness (QED) is 0.698. The normalized spacial score (nSPS) is 17.7. The Bertz CT molecular complexity index is 970. The first kappa shape index (κ1) is 17.2. The van der Waals surface area contributed by atoms with Gasteiger partial charge in [0.05, 0.1) is 5.52 Å². The third-order valence-electron chi connectivity index (χ3n) is 4.90. The van der Waals surface area contributed by atoms with Gasteiger partial charge in [0.2, 0.25) is 0 Å². The van der Waals surface area contributed by atoms with Crippen molar-refractivity contribution in [3.8, 4) is 0 Å². The lowest BCUT2D eigenvalue weighted by atomic mass is 10.1. The van der Waals surface area contributed by atoms with Crippen LogP contribution >= 0.6 is 0 Å². The van der Waals surface area contributed by atoms with Crippen LogP contribution < -0.4 is 0 Å². The smallest absolute Gasteiger partial charge is 0.276 e. The summed E-state index contributed by atoms with van der Waals surface area (Å²) in [5.74, 6) is -0.203. The SMILES string of the molecule is CC1CN(C(=O)c2ccc3cccnc3c2)CCCN1C(=O)c1ccon1. The average Bonchev–Trinajstić information content (AvgIpc) is 3.16. The monoisotopic (exact) mass is 364 g/mol. The molecule has 1 saturated heterocycles. The Labute approximate surface area is 156 Å². The van der Waals surface area contributed by atoms with Gasteiger partial charge >= 0.3 is 0 Å². The number of nitrogens with zero attached hydrogens (tertiary/aromatic N) is 4. The maximum atomic E-state index is 13.0. The molecule has 27 heavy (non-hydrogen) atoms. The number of carbonyl (C=O) groups excluding carboxylic acids is 2. The van der Waals surface area contributed by atoms with E-state index in [-0.39, 0.29) is 17.9 Å². The Morgan fingerprint density at radius 3 is 2.85 bits per heavy atom. The molecule has 4 rings (SSSR count). The van der Waals surface area contributed by atoms with Crippen molar-refractivity contribution in [1.29, 1.82) is 0 Å². The standard InChI is InChI=1S/C20H20N4O3/c1-14-13-23(9-3-10-24(14)20(26)17-7-11-27-22-17)19(25)16-6-5-15-4-2-8-21-18(15)12-16/h2,4-8,11-12,14H,3,9-10,13H2,1H3. The Kier molecular flexibility index (Phi) is 4.58. The fourth-order valence-electron chi connectivity index (χ4n) is 3.50. The summed E-state index contributed by atoms with van der Waals surface area (Å²) in [4.78, 5) is 33.5. The van der Waals surface area contributed by atoms with Gasteiger partial charge in [0.1, 0.15) is 6.26 Å². The maximum Gasteiger partial charge on any atom is 0.276 e. The van der Waals surface area contributed by atoms with E-state index >= 15 is 0 Å². The van der Waals surface area contributed by atoms with Gasteiger partial charge in [-0.3, -0.25) is 14.6 Å². The number of carbonyl (C=O) groups is 2. The van der Waals surface area contributed by atoms with Crippen LogP contribution in [0.25, 0.3) is 10.9 Å². The summed E-state index contributed by atoms with van der Waals surface area (Å²) < 4.78 is 4.78. The molecule has 3 aromatic rings. The molecule has 0 spiro atoms. The van der Waals surface area contributed by atoms with Gasteiger partial charge in [-0.15, -0.1) is 0 Å². The van der Waals surface area contributed by atoms with Crippen LogP contribution in [0, 0.1) is 0 Å². The number of rotatable bonds is 2. The van der Waals surface area contributed by atoms with Gasteiger partial charge < -0.3 is 14.3 Å². The molecule has 0 saturated carbocycles. The first-order chi connectivity index (χ1) is 13.1. The molecule has 2 aromatic heterocycles. The van der Waals surface area contributed by atoms with Gasteiger partial charge in [-0.25, -0.2) is 0 Å². The Hall–Kier alpha value is -3.22. The van der Waals surface area contributed by atoms with Crippen LogP contribution in [-0.2, 0) is 0 Å². The highest BCUT2D eigenvalue weighted by Crippen LogP contribution is 2.18. The number of hydrogen-bond donors (Lipinski definition) is 0. The molecule has 1 unspecified atom stereocenters. The van der Waals surface area contributed by atoms with Crippen molar-refractivity contribution in [3.63, 3.8) is 0 Å². The van der Waals surface area contributed by atoms with E-state index in [4.69, 9.17) is 4.52 Å². The summed E-state index contributed by atoms with van der Waals surface area (Å²) in [5, 5.41) is 4.74. The molecule has 0 radical (unpaired) electrons. The molecule has 1 fully saturated rings. The first-order valence-corrected chi connectivity index (χ1v) is 8.99. The van der Waals surface area contributed by atoms with E-state index in [1.54, 1.807) is 17.2 Å². The van der Waals surface area contributed by atoms with Crippen molar-refractivity contribution in [3.05, 3.63) is 60.1 Å². The second kappa shape index (κ2) is 7.19. The zero-order valence-corrected chi connectivity index (χ0v) is 15.0. The molecule has 1 atom stereocenters. The van der Waals surface area contributed by atoms with Crippen LogP contribution in [0.4, 0.5) is 0 Å². The summed E-state index contributed by atoms with van der Waals surface area (Å²) in [6.07, 6.45) is 3.82. The minimum absolute atomic E-state index is 0.0369. The lowest BCUT2D eigenvalue weighted by molar-refractivity contribution is 0.0642. The van der Waals surface area contributed by atoms with E-state index in [0.29, 0.717) is 37.3 Å². The zero-order valence-electron chi connectivity index (χ0n) is 15.0. The Morgan fingerprint density at radius 1 is 1.15 bits per heavy atom. The van der Waals surface area contributed by atoms with Gasteiger partial charge in [0.15, 0.2) is 5.69 Å². The second-order valence-corrected chi connectivity index (χ2v) is 6.75. The molecule has 0 N–H and O–H groups in total. The molecule has 3 heterocycles. The summed E-state index contributed by atoms with van der Waals surface area (Å²) >= 11 is 0. The maximum absolute atomic E-state index is 13.0. The molecule has 1 aromatic carbocycles. The van der Waals surface area contributed by atoms with Crippen molar-refractivity contribution in [1.82, 2.24) is 19.9 Å². The van der Waals surface area contributed by atoms with E-state index in [9.17, 15) is 9.59 Å². The highest BCUT2D eigenvalue weighted by molar-refractivity contribution is 5.98.